The van der Waals surface area contributed by atoms with E-state index in [-0.39, 0.29) is 0 Å². The first-order valence-corrected chi connectivity index (χ1v) is 7.47. The van der Waals surface area contributed by atoms with Crippen LogP contribution in [0.15, 0.2) is 53.1 Å². The second kappa shape index (κ2) is 5.33. The van der Waals surface area contributed by atoms with E-state index in [0.717, 1.165) is 21.7 Å². The normalized spacial score (nSPS) is 11.2. The Morgan fingerprint density at radius 1 is 0.950 bits per heavy atom. The Balaban J connectivity index is 2.25. The lowest BCUT2D eigenvalue weighted by molar-refractivity contribution is 0.771. The molecule has 0 amide bonds. The van der Waals surface area contributed by atoms with Crippen molar-refractivity contribution in [1.82, 2.24) is 9.97 Å². The van der Waals surface area contributed by atoms with Crippen molar-refractivity contribution in [3.63, 3.8) is 0 Å². The zero-order chi connectivity index (χ0) is 14.1. The third kappa shape index (κ3) is 2.46. The summed E-state index contributed by atoms with van der Waals surface area (Å²) in [4.78, 5) is 9.16. The molecule has 0 spiro atoms. The molecule has 0 aliphatic carbocycles. The Morgan fingerprint density at radius 3 is 2.50 bits per heavy atom. The summed E-state index contributed by atoms with van der Waals surface area (Å²) in [5.74, 6) is 1.17. The number of halogens is 1. The molecule has 0 aliphatic heterocycles. The molecule has 0 aliphatic rings. The molecule has 2 aromatic carbocycles. The summed E-state index contributed by atoms with van der Waals surface area (Å²) >= 11 is 3.49. The molecule has 20 heavy (non-hydrogen) atoms. The maximum atomic E-state index is 4.71. The standard InChI is InChI=1S/C17H15BrN2/c1-11(2)17-19-15(10-16(18)20-17)14-9-5-7-12-6-3-4-8-13(12)14/h3-11H,1-2H3. The quantitative estimate of drug-likeness (QED) is 0.606. The SMILES string of the molecule is CC(C)c1nc(Br)cc(-c2cccc3ccccc23)n1. The van der Waals surface area contributed by atoms with E-state index in [0.29, 0.717) is 5.92 Å². The first kappa shape index (κ1) is 13.3. The number of hydrogen-bond donors (Lipinski definition) is 0. The third-order valence-corrected chi connectivity index (χ3v) is 3.70. The summed E-state index contributed by atoms with van der Waals surface area (Å²) in [6.45, 7) is 4.21. The van der Waals surface area contributed by atoms with Crippen LogP contribution in [0.3, 0.4) is 0 Å². The van der Waals surface area contributed by atoms with E-state index in [9.17, 15) is 0 Å². The molecule has 3 heteroatoms. The summed E-state index contributed by atoms with van der Waals surface area (Å²) in [5, 5.41) is 2.45. The summed E-state index contributed by atoms with van der Waals surface area (Å²) in [6.07, 6.45) is 0. The Kier molecular flexibility index (Phi) is 3.53. The van der Waals surface area contributed by atoms with Gasteiger partial charge in [-0.05, 0) is 32.8 Å². The molecular formula is C17H15BrN2. The first-order chi connectivity index (χ1) is 9.65. The molecule has 1 aromatic heterocycles. The van der Waals surface area contributed by atoms with Crippen molar-refractivity contribution in [3.05, 3.63) is 59.0 Å². The molecule has 100 valence electrons. The van der Waals surface area contributed by atoms with Crippen molar-refractivity contribution < 1.29 is 0 Å². The molecule has 0 saturated heterocycles. The Hall–Kier alpha value is -1.74. The first-order valence-electron chi connectivity index (χ1n) is 6.68. The zero-order valence-corrected chi connectivity index (χ0v) is 13.1. The minimum Gasteiger partial charge on any atom is -0.233 e. The van der Waals surface area contributed by atoms with Gasteiger partial charge in [-0.1, -0.05) is 56.3 Å². The summed E-state index contributed by atoms with van der Waals surface area (Å²) in [5.41, 5.74) is 2.11. The summed E-state index contributed by atoms with van der Waals surface area (Å²) in [6, 6.07) is 16.7. The number of fused-ring (bicyclic) bond motifs is 1. The maximum absolute atomic E-state index is 4.71. The molecule has 0 saturated carbocycles. The van der Waals surface area contributed by atoms with Crippen LogP contribution in [0.25, 0.3) is 22.0 Å². The van der Waals surface area contributed by atoms with Gasteiger partial charge in [0, 0.05) is 11.5 Å². The highest BCUT2D eigenvalue weighted by Gasteiger charge is 2.10. The van der Waals surface area contributed by atoms with Crippen molar-refractivity contribution in [3.8, 4) is 11.3 Å². The molecule has 3 aromatic rings. The molecule has 2 nitrogen and oxygen atoms in total. The van der Waals surface area contributed by atoms with Crippen LogP contribution in [-0.2, 0) is 0 Å². The molecular weight excluding hydrogens is 312 g/mol. The fraction of sp³-hybridized carbons (Fsp3) is 0.176. The molecule has 0 fully saturated rings. The fourth-order valence-electron chi connectivity index (χ4n) is 2.28. The van der Waals surface area contributed by atoms with Crippen LogP contribution in [0.1, 0.15) is 25.6 Å². The predicted molar refractivity (Wildman–Crippen MR) is 86.8 cm³/mol. The lowest BCUT2D eigenvalue weighted by atomic mass is 10.0. The summed E-state index contributed by atoms with van der Waals surface area (Å²) in [7, 11) is 0. The Bertz CT molecular complexity index is 761. The monoisotopic (exact) mass is 326 g/mol. The fourth-order valence-corrected chi connectivity index (χ4v) is 2.68. The van der Waals surface area contributed by atoms with Crippen LogP contribution in [0.4, 0.5) is 0 Å². The molecule has 3 rings (SSSR count). The highest BCUT2D eigenvalue weighted by molar-refractivity contribution is 9.10. The number of rotatable bonds is 2. The molecule has 0 radical (unpaired) electrons. The van der Waals surface area contributed by atoms with Crippen LogP contribution in [0.5, 0.6) is 0 Å². The number of benzene rings is 2. The molecule has 0 N–H and O–H groups in total. The molecule has 0 bridgehead atoms. The van der Waals surface area contributed by atoms with Crippen molar-refractivity contribution >= 4 is 26.7 Å². The van der Waals surface area contributed by atoms with E-state index in [4.69, 9.17) is 4.98 Å². The highest BCUT2D eigenvalue weighted by atomic mass is 79.9. The zero-order valence-electron chi connectivity index (χ0n) is 11.5. The van der Waals surface area contributed by atoms with E-state index in [1.54, 1.807) is 0 Å². The summed E-state index contributed by atoms with van der Waals surface area (Å²) < 4.78 is 0.833. The van der Waals surface area contributed by atoms with Gasteiger partial charge >= 0.3 is 0 Å². The van der Waals surface area contributed by atoms with Gasteiger partial charge in [-0.15, -0.1) is 0 Å². The van der Waals surface area contributed by atoms with Crippen molar-refractivity contribution in [1.29, 1.82) is 0 Å². The van der Waals surface area contributed by atoms with Gasteiger partial charge in [0.05, 0.1) is 5.69 Å². The van der Waals surface area contributed by atoms with Crippen molar-refractivity contribution in [2.75, 3.05) is 0 Å². The predicted octanol–water partition coefficient (Wildman–Crippen LogP) is 5.18. The Labute approximate surface area is 127 Å². The van der Waals surface area contributed by atoms with Gasteiger partial charge in [0.2, 0.25) is 0 Å². The smallest absolute Gasteiger partial charge is 0.132 e. The topological polar surface area (TPSA) is 25.8 Å². The van der Waals surface area contributed by atoms with Crippen LogP contribution in [-0.4, -0.2) is 9.97 Å². The second-order valence-electron chi connectivity index (χ2n) is 5.12. The number of aromatic nitrogens is 2. The van der Waals surface area contributed by atoms with Crippen LogP contribution >= 0.6 is 15.9 Å². The van der Waals surface area contributed by atoms with E-state index in [2.05, 4.69) is 77.2 Å². The largest absolute Gasteiger partial charge is 0.233 e. The van der Waals surface area contributed by atoms with E-state index in [1.165, 1.54) is 10.8 Å². The molecule has 1 heterocycles. The lowest BCUT2D eigenvalue weighted by Crippen LogP contribution is -1.99. The molecule has 0 unspecified atom stereocenters. The second-order valence-corrected chi connectivity index (χ2v) is 5.93. The average Bonchev–Trinajstić information content (AvgIpc) is 2.46. The van der Waals surface area contributed by atoms with Gasteiger partial charge in [-0.3, -0.25) is 0 Å². The minimum absolute atomic E-state index is 0.307. The molecule has 0 atom stereocenters. The highest BCUT2D eigenvalue weighted by Crippen LogP contribution is 2.29. The third-order valence-electron chi connectivity index (χ3n) is 3.29. The maximum Gasteiger partial charge on any atom is 0.132 e. The van der Waals surface area contributed by atoms with Gasteiger partial charge in [0.1, 0.15) is 10.4 Å². The number of nitrogens with zero attached hydrogens (tertiary/aromatic N) is 2. The van der Waals surface area contributed by atoms with E-state index < -0.39 is 0 Å². The van der Waals surface area contributed by atoms with Gasteiger partial charge < -0.3 is 0 Å². The van der Waals surface area contributed by atoms with Crippen molar-refractivity contribution in [2.45, 2.75) is 19.8 Å². The Morgan fingerprint density at radius 2 is 1.70 bits per heavy atom. The minimum atomic E-state index is 0.307. The van der Waals surface area contributed by atoms with Gasteiger partial charge in [0.15, 0.2) is 0 Å². The number of hydrogen-bond acceptors (Lipinski definition) is 2. The average molecular weight is 327 g/mol. The van der Waals surface area contributed by atoms with Crippen LogP contribution < -0.4 is 0 Å². The van der Waals surface area contributed by atoms with E-state index in [1.807, 2.05) is 6.07 Å². The van der Waals surface area contributed by atoms with Gasteiger partial charge in [-0.2, -0.15) is 0 Å². The van der Waals surface area contributed by atoms with E-state index >= 15 is 0 Å². The van der Waals surface area contributed by atoms with Crippen LogP contribution in [0.2, 0.25) is 0 Å². The van der Waals surface area contributed by atoms with Gasteiger partial charge in [0.25, 0.3) is 0 Å². The van der Waals surface area contributed by atoms with Crippen molar-refractivity contribution in [2.24, 2.45) is 0 Å². The van der Waals surface area contributed by atoms with Crippen LogP contribution in [0, 0.1) is 0 Å². The van der Waals surface area contributed by atoms with Gasteiger partial charge in [-0.25, -0.2) is 9.97 Å². The lowest BCUT2D eigenvalue weighted by Gasteiger charge is -2.10.